The Morgan fingerprint density at radius 1 is 0.895 bits per heavy atom. The van der Waals surface area contributed by atoms with Gasteiger partial charge >= 0.3 is 0 Å². The number of rotatable bonds is 10. The van der Waals surface area contributed by atoms with Crippen LogP contribution in [0, 0.1) is 5.41 Å². The summed E-state index contributed by atoms with van der Waals surface area (Å²) >= 11 is 0. The summed E-state index contributed by atoms with van der Waals surface area (Å²) in [5, 5.41) is 10.1. The fourth-order valence-corrected chi connectivity index (χ4v) is 2.94. The van der Waals surface area contributed by atoms with Gasteiger partial charge in [-0.05, 0) is 38.8 Å². The minimum absolute atomic E-state index is 0.105. The zero-order valence-corrected chi connectivity index (χ0v) is 14.2. The molecule has 0 amide bonds. The highest BCUT2D eigenvalue weighted by molar-refractivity contribution is 4.81. The monoisotopic (exact) mass is 271 g/mol. The maximum absolute atomic E-state index is 10.1. The molecule has 0 saturated carbocycles. The first kappa shape index (κ1) is 18.9. The summed E-state index contributed by atoms with van der Waals surface area (Å²) in [6.07, 6.45) is 9.32. The van der Waals surface area contributed by atoms with E-state index >= 15 is 0 Å². The Morgan fingerprint density at radius 3 is 1.95 bits per heavy atom. The van der Waals surface area contributed by atoms with E-state index in [0.29, 0.717) is 6.04 Å². The molecule has 2 atom stereocenters. The number of nitrogens with zero attached hydrogens (tertiary/aromatic N) is 1. The number of aliphatic hydroxyl groups excluding tert-OH is 1. The predicted octanol–water partition coefficient (Wildman–Crippen LogP) is 4.46. The lowest BCUT2D eigenvalue weighted by Gasteiger charge is -2.36. The van der Waals surface area contributed by atoms with Crippen LogP contribution in [-0.2, 0) is 0 Å². The largest absolute Gasteiger partial charge is 0.393 e. The fraction of sp³-hybridized carbons (Fsp3) is 1.00. The maximum atomic E-state index is 10.1. The van der Waals surface area contributed by atoms with E-state index in [4.69, 9.17) is 0 Å². The van der Waals surface area contributed by atoms with Gasteiger partial charge in [-0.15, -0.1) is 0 Å². The highest BCUT2D eigenvalue weighted by atomic mass is 16.3. The molecule has 0 fully saturated rings. The molecular weight excluding hydrogens is 234 g/mol. The van der Waals surface area contributed by atoms with Crippen molar-refractivity contribution in [3.05, 3.63) is 0 Å². The molecule has 0 rings (SSSR count). The fourth-order valence-electron chi connectivity index (χ4n) is 2.94. The third-order valence-corrected chi connectivity index (χ3v) is 4.04. The molecule has 0 heterocycles. The second kappa shape index (κ2) is 9.77. The molecule has 0 radical (unpaired) electrons. The highest BCUT2D eigenvalue weighted by Crippen LogP contribution is 2.27. The molecule has 2 unspecified atom stereocenters. The van der Waals surface area contributed by atoms with Gasteiger partial charge in [0.1, 0.15) is 0 Å². The molecule has 0 aromatic heterocycles. The minimum atomic E-state index is -0.105. The van der Waals surface area contributed by atoms with Gasteiger partial charge in [0.25, 0.3) is 0 Å². The molecule has 0 aliphatic heterocycles. The molecule has 1 N–H and O–H groups in total. The molecule has 2 heteroatoms. The average molecular weight is 271 g/mol. The first-order valence-electron chi connectivity index (χ1n) is 8.13. The van der Waals surface area contributed by atoms with Crippen LogP contribution in [-0.4, -0.2) is 36.2 Å². The summed E-state index contributed by atoms with van der Waals surface area (Å²) < 4.78 is 0. The zero-order chi connectivity index (χ0) is 14.9. The normalized spacial score (nSPS) is 15.8. The van der Waals surface area contributed by atoms with Gasteiger partial charge in [-0.25, -0.2) is 0 Å². The van der Waals surface area contributed by atoms with Crippen molar-refractivity contribution in [3.8, 4) is 0 Å². The molecule has 0 aliphatic carbocycles. The number of unbranched alkanes of at least 4 members (excludes halogenated alkanes) is 4. The first-order chi connectivity index (χ1) is 8.79. The Labute approximate surface area is 121 Å². The van der Waals surface area contributed by atoms with E-state index in [1.807, 2.05) is 0 Å². The van der Waals surface area contributed by atoms with Crippen LogP contribution in [0.3, 0.4) is 0 Å². The highest BCUT2D eigenvalue weighted by Gasteiger charge is 2.26. The van der Waals surface area contributed by atoms with Crippen molar-refractivity contribution in [2.45, 2.75) is 91.2 Å². The lowest BCUT2D eigenvalue weighted by Crippen LogP contribution is -2.39. The van der Waals surface area contributed by atoms with Crippen LogP contribution in [0.25, 0.3) is 0 Å². The Kier molecular flexibility index (Phi) is 9.72. The van der Waals surface area contributed by atoms with Crippen molar-refractivity contribution >= 4 is 0 Å². The summed E-state index contributed by atoms with van der Waals surface area (Å²) in [4.78, 5) is 2.30. The van der Waals surface area contributed by atoms with Crippen LogP contribution in [0.4, 0.5) is 0 Å². The van der Waals surface area contributed by atoms with Gasteiger partial charge < -0.3 is 10.0 Å². The first-order valence-corrected chi connectivity index (χ1v) is 8.13. The molecular formula is C17H37NO. The van der Waals surface area contributed by atoms with Gasteiger partial charge in [-0.2, -0.15) is 0 Å². The third kappa shape index (κ3) is 9.45. The molecule has 0 saturated heterocycles. The van der Waals surface area contributed by atoms with Gasteiger partial charge in [0.15, 0.2) is 0 Å². The van der Waals surface area contributed by atoms with Crippen LogP contribution in [0.5, 0.6) is 0 Å². The van der Waals surface area contributed by atoms with Crippen molar-refractivity contribution in [2.24, 2.45) is 5.41 Å². The van der Waals surface area contributed by atoms with E-state index in [1.165, 1.54) is 32.1 Å². The molecule has 19 heavy (non-hydrogen) atoms. The van der Waals surface area contributed by atoms with E-state index in [0.717, 1.165) is 19.3 Å². The van der Waals surface area contributed by atoms with E-state index < -0.39 is 0 Å². The van der Waals surface area contributed by atoms with E-state index in [-0.39, 0.29) is 11.5 Å². The van der Waals surface area contributed by atoms with Crippen LogP contribution >= 0.6 is 0 Å². The third-order valence-electron chi connectivity index (χ3n) is 4.04. The van der Waals surface area contributed by atoms with E-state index in [9.17, 15) is 5.11 Å². The van der Waals surface area contributed by atoms with Gasteiger partial charge in [-0.1, -0.05) is 59.8 Å². The van der Waals surface area contributed by atoms with Crippen molar-refractivity contribution in [3.63, 3.8) is 0 Å². The van der Waals surface area contributed by atoms with Crippen molar-refractivity contribution in [1.29, 1.82) is 0 Å². The summed E-state index contributed by atoms with van der Waals surface area (Å²) in [7, 11) is 4.29. The predicted molar refractivity (Wildman–Crippen MR) is 85.5 cm³/mol. The maximum Gasteiger partial charge on any atom is 0.0540 e. The number of hydrogen-bond donors (Lipinski definition) is 1. The van der Waals surface area contributed by atoms with Crippen LogP contribution in [0.1, 0.15) is 79.1 Å². The van der Waals surface area contributed by atoms with Crippen molar-refractivity contribution in [2.75, 3.05) is 14.1 Å². The molecule has 0 aromatic carbocycles. The Hall–Kier alpha value is -0.0800. The molecule has 2 nitrogen and oxygen atoms in total. The molecule has 0 spiro atoms. The van der Waals surface area contributed by atoms with E-state index in [1.54, 1.807) is 0 Å². The lowest BCUT2D eigenvalue weighted by atomic mass is 9.82. The van der Waals surface area contributed by atoms with Crippen LogP contribution in [0.15, 0.2) is 0 Å². The van der Waals surface area contributed by atoms with Crippen molar-refractivity contribution < 1.29 is 5.11 Å². The smallest absolute Gasteiger partial charge is 0.0540 e. The summed E-state index contributed by atoms with van der Waals surface area (Å²) in [5.74, 6) is 0. The average Bonchev–Trinajstić information content (AvgIpc) is 2.26. The van der Waals surface area contributed by atoms with Gasteiger partial charge in [0, 0.05) is 6.04 Å². The number of hydrogen-bond acceptors (Lipinski definition) is 2. The topological polar surface area (TPSA) is 23.5 Å². The Bertz CT molecular complexity index is 208. The van der Waals surface area contributed by atoms with Crippen LogP contribution < -0.4 is 0 Å². The Balaban J connectivity index is 3.83. The molecule has 0 aliphatic rings. The minimum Gasteiger partial charge on any atom is -0.393 e. The molecule has 116 valence electrons. The molecule has 0 aromatic rings. The van der Waals surface area contributed by atoms with E-state index in [2.05, 4.69) is 46.7 Å². The van der Waals surface area contributed by atoms with Crippen molar-refractivity contribution in [1.82, 2.24) is 4.90 Å². The molecule has 0 bridgehead atoms. The summed E-state index contributed by atoms with van der Waals surface area (Å²) in [5.41, 5.74) is 0.282. The van der Waals surface area contributed by atoms with Gasteiger partial charge in [-0.3, -0.25) is 0 Å². The van der Waals surface area contributed by atoms with Gasteiger partial charge in [0.05, 0.1) is 6.10 Å². The second-order valence-corrected chi connectivity index (χ2v) is 7.28. The Morgan fingerprint density at radius 2 is 1.47 bits per heavy atom. The number of aliphatic hydroxyl groups is 1. The van der Waals surface area contributed by atoms with Gasteiger partial charge in [0.2, 0.25) is 0 Å². The zero-order valence-electron chi connectivity index (χ0n) is 14.2. The van der Waals surface area contributed by atoms with Crippen LogP contribution in [0.2, 0.25) is 0 Å². The standard InChI is InChI=1S/C17H37NO/c1-7-8-9-10-11-12-15(19)13-14-16(18(5)6)17(2,3)4/h15-16,19H,7-14H2,1-6H3. The SMILES string of the molecule is CCCCCCCC(O)CCC(N(C)C)C(C)(C)C. The quantitative estimate of drug-likeness (QED) is 0.593. The lowest BCUT2D eigenvalue weighted by molar-refractivity contribution is 0.0991. The summed E-state index contributed by atoms with van der Waals surface area (Å²) in [6, 6.07) is 0.544. The second-order valence-electron chi connectivity index (χ2n) is 7.28. The summed E-state index contributed by atoms with van der Waals surface area (Å²) in [6.45, 7) is 9.10.